The van der Waals surface area contributed by atoms with Gasteiger partial charge in [-0.25, -0.2) is 15.0 Å². The second kappa shape index (κ2) is 6.29. The van der Waals surface area contributed by atoms with Crippen LogP contribution in [0.15, 0.2) is 55.1 Å². The third-order valence-electron chi connectivity index (χ3n) is 5.10. The quantitative estimate of drug-likeness (QED) is 0.587. The molecule has 1 aliphatic heterocycles. The van der Waals surface area contributed by atoms with Crippen LogP contribution < -0.4 is 4.90 Å². The van der Waals surface area contributed by atoms with Gasteiger partial charge in [0.1, 0.15) is 23.6 Å². The SMILES string of the molecule is c1ccc(-c2cnc(C3CCCCN3c3ncnc4[nH]ccc34)[nH]2)cc1. The maximum atomic E-state index is 4.71. The van der Waals surface area contributed by atoms with E-state index < -0.39 is 0 Å². The van der Waals surface area contributed by atoms with Gasteiger partial charge >= 0.3 is 0 Å². The average Bonchev–Trinajstić information content (AvgIpc) is 3.38. The molecule has 130 valence electrons. The number of rotatable bonds is 3. The van der Waals surface area contributed by atoms with Crippen molar-refractivity contribution in [1.29, 1.82) is 0 Å². The van der Waals surface area contributed by atoms with E-state index in [0.29, 0.717) is 0 Å². The van der Waals surface area contributed by atoms with Crippen LogP contribution >= 0.6 is 0 Å². The Labute approximate surface area is 151 Å². The number of aromatic amines is 2. The minimum Gasteiger partial charge on any atom is -0.346 e. The van der Waals surface area contributed by atoms with Crippen LogP contribution in [-0.2, 0) is 0 Å². The number of anilines is 1. The molecule has 1 fully saturated rings. The van der Waals surface area contributed by atoms with Gasteiger partial charge in [0, 0.05) is 12.7 Å². The third-order valence-corrected chi connectivity index (χ3v) is 5.10. The Balaban J connectivity index is 1.53. The number of benzene rings is 1. The van der Waals surface area contributed by atoms with E-state index in [0.717, 1.165) is 46.9 Å². The van der Waals surface area contributed by atoms with Crippen molar-refractivity contribution in [3.8, 4) is 11.3 Å². The zero-order valence-corrected chi connectivity index (χ0v) is 14.4. The molecule has 0 saturated carbocycles. The van der Waals surface area contributed by atoms with Crippen LogP contribution in [0.3, 0.4) is 0 Å². The van der Waals surface area contributed by atoms with Gasteiger partial charge in [0.15, 0.2) is 0 Å². The number of aromatic nitrogens is 5. The summed E-state index contributed by atoms with van der Waals surface area (Å²) in [5, 5.41) is 1.06. The first-order valence-corrected chi connectivity index (χ1v) is 9.05. The smallest absolute Gasteiger partial charge is 0.142 e. The molecule has 1 saturated heterocycles. The summed E-state index contributed by atoms with van der Waals surface area (Å²) >= 11 is 0. The highest BCUT2D eigenvalue weighted by Crippen LogP contribution is 2.36. The molecule has 0 spiro atoms. The van der Waals surface area contributed by atoms with Gasteiger partial charge in [0.25, 0.3) is 0 Å². The normalized spacial score (nSPS) is 17.7. The molecule has 6 nitrogen and oxygen atoms in total. The Kier molecular flexibility index (Phi) is 3.66. The number of fused-ring (bicyclic) bond motifs is 1. The average molecular weight is 344 g/mol. The number of nitrogens with zero attached hydrogens (tertiary/aromatic N) is 4. The van der Waals surface area contributed by atoms with Crippen molar-refractivity contribution in [2.24, 2.45) is 0 Å². The van der Waals surface area contributed by atoms with Gasteiger partial charge < -0.3 is 14.9 Å². The number of hydrogen-bond donors (Lipinski definition) is 2. The zero-order valence-electron chi connectivity index (χ0n) is 14.4. The molecule has 5 rings (SSSR count). The summed E-state index contributed by atoms with van der Waals surface area (Å²) in [4.78, 5) is 22.7. The molecule has 1 atom stereocenters. The predicted octanol–water partition coefficient (Wildman–Crippen LogP) is 4.08. The maximum absolute atomic E-state index is 4.71. The van der Waals surface area contributed by atoms with Crippen molar-refractivity contribution < 1.29 is 0 Å². The van der Waals surface area contributed by atoms with Gasteiger partial charge in [-0.2, -0.15) is 0 Å². The van der Waals surface area contributed by atoms with Crippen molar-refractivity contribution in [3.05, 3.63) is 60.9 Å². The van der Waals surface area contributed by atoms with Gasteiger partial charge in [-0.1, -0.05) is 30.3 Å². The summed E-state index contributed by atoms with van der Waals surface area (Å²) in [5.41, 5.74) is 3.09. The fourth-order valence-corrected chi connectivity index (χ4v) is 3.83. The van der Waals surface area contributed by atoms with E-state index in [2.05, 4.69) is 37.0 Å². The molecule has 1 aliphatic rings. The van der Waals surface area contributed by atoms with E-state index in [-0.39, 0.29) is 6.04 Å². The lowest BCUT2D eigenvalue weighted by molar-refractivity contribution is 0.456. The fourth-order valence-electron chi connectivity index (χ4n) is 3.83. The molecule has 2 N–H and O–H groups in total. The molecule has 0 bridgehead atoms. The van der Waals surface area contributed by atoms with Crippen molar-refractivity contribution >= 4 is 16.9 Å². The largest absolute Gasteiger partial charge is 0.346 e. The van der Waals surface area contributed by atoms with E-state index >= 15 is 0 Å². The zero-order chi connectivity index (χ0) is 17.3. The highest BCUT2D eigenvalue weighted by molar-refractivity contribution is 5.87. The van der Waals surface area contributed by atoms with Gasteiger partial charge in [0.05, 0.1) is 23.3 Å². The summed E-state index contributed by atoms with van der Waals surface area (Å²) in [5.74, 6) is 1.99. The van der Waals surface area contributed by atoms with E-state index in [4.69, 9.17) is 4.98 Å². The second-order valence-electron chi connectivity index (χ2n) is 6.69. The number of imidazole rings is 1. The summed E-state index contributed by atoms with van der Waals surface area (Å²) in [6.45, 7) is 0.976. The first-order chi connectivity index (χ1) is 12.9. The van der Waals surface area contributed by atoms with Crippen LogP contribution in [0.4, 0.5) is 5.82 Å². The Bertz CT molecular complexity index is 1020. The summed E-state index contributed by atoms with van der Waals surface area (Å²) in [6.07, 6.45) is 8.92. The fraction of sp³-hybridized carbons (Fsp3) is 0.250. The minimum absolute atomic E-state index is 0.203. The van der Waals surface area contributed by atoms with Crippen molar-refractivity contribution in [2.45, 2.75) is 25.3 Å². The van der Waals surface area contributed by atoms with Gasteiger partial charge in [-0.05, 0) is 30.9 Å². The summed E-state index contributed by atoms with van der Waals surface area (Å²) in [6, 6.07) is 12.6. The lowest BCUT2D eigenvalue weighted by Gasteiger charge is -2.35. The second-order valence-corrected chi connectivity index (χ2v) is 6.69. The number of piperidine rings is 1. The summed E-state index contributed by atoms with van der Waals surface area (Å²) in [7, 11) is 0. The summed E-state index contributed by atoms with van der Waals surface area (Å²) < 4.78 is 0. The highest BCUT2D eigenvalue weighted by Gasteiger charge is 2.28. The van der Waals surface area contributed by atoms with Crippen LogP contribution in [0.5, 0.6) is 0 Å². The molecule has 6 heteroatoms. The molecule has 1 unspecified atom stereocenters. The van der Waals surface area contributed by atoms with Crippen LogP contribution in [0.2, 0.25) is 0 Å². The number of hydrogen-bond acceptors (Lipinski definition) is 4. The van der Waals surface area contributed by atoms with Gasteiger partial charge in [0.2, 0.25) is 0 Å². The lowest BCUT2D eigenvalue weighted by Crippen LogP contribution is -2.34. The number of H-pyrrole nitrogens is 2. The maximum Gasteiger partial charge on any atom is 0.142 e. The number of nitrogens with one attached hydrogen (secondary N) is 2. The highest BCUT2D eigenvalue weighted by atomic mass is 15.2. The molecule has 26 heavy (non-hydrogen) atoms. The van der Waals surface area contributed by atoms with Crippen molar-refractivity contribution in [2.75, 3.05) is 11.4 Å². The standard InChI is InChI=1S/C20H20N6/c1-2-6-14(7-3-1)16-12-22-19(25-16)17-8-4-5-11-26(17)20-15-9-10-21-18(15)23-13-24-20/h1-3,6-7,9-10,12-13,17H,4-5,8,11H2,(H,22,25)(H,21,23,24). The van der Waals surface area contributed by atoms with Crippen molar-refractivity contribution in [1.82, 2.24) is 24.9 Å². The predicted molar refractivity (Wildman–Crippen MR) is 102 cm³/mol. The van der Waals surface area contributed by atoms with Gasteiger partial charge in [-0.3, -0.25) is 0 Å². The third kappa shape index (κ3) is 2.54. The lowest BCUT2D eigenvalue weighted by atomic mass is 10.0. The molecule has 4 heterocycles. The molecular weight excluding hydrogens is 324 g/mol. The molecule has 0 amide bonds. The Hall–Kier alpha value is -3.15. The van der Waals surface area contributed by atoms with Crippen molar-refractivity contribution in [3.63, 3.8) is 0 Å². The molecular formula is C20H20N6. The van der Waals surface area contributed by atoms with Crippen LogP contribution in [0.1, 0.15) is 31.1 Å². The molecule has 0 radical (unpaired) electrons. The van der Waals surface area contributed by atoms with Crippen LogP contribution in [0.25, 0.3) is 22.3 Å². The minimum atomic E-state index is 0.203. The van der Waals surface area contributed by atoms with E-state index in [1.54, 1.807) is 6.33 Å². The van der Waals surface area contributed by atoms with E-state index in [1.807, 2.05) is 36.7 Å². The monoisotopic (exact) mass is 344 g/mol. The van der Waals surface area contributed by atoms with E-state index in [1.165, 1.54) is 12.8 Å². The van der Waals surface area contributed by atoms with Gasteiger partial charge in [-0.15, -0.1) is 0 Å². The Morgan fingerprint density at radius 1 is 1.00 bits per heavy atom. The molecule has 1 aromatic carbocycles. The molecule has 0 aliphatic carbocycles. The first-order valence-electron chi connectivity index (χ1n) is 9.05. The Morgan fingerprint density at radius 2 is 1.92 bits per heavy atom. The van der Waals surface area contributed by atoms with E-state index in [9.17, 15) is 0 Å². The van der Waals surface area contributed by atoms with Crippen LogP contribution in [-0.4, -0.2) is 31.5 Å². The molecule has 4 aromatic rings. The first kappa shape index (κ1) is 15.1. The van der Waals surface area contributed by atoms with Crippen LogP contribution in [0, 0.1) is 0 Å². The Morgan fingerprint density at radius 3 is 2.85 bits per heavy atom. The molecule has 3 aromatic heterocycles. The topological polar surface area (TPSA) is 73.5 Å².